The monoisotopic (exact) mass is 460 g/mol. The van der Waals surface area contributed by atoms with Crippen LogP contribution in [0.25, 0.3) is 5.57 Å². The smallest absolute Gasteiger partial charge is 0.417 e. The van der Waals surface area contributed by atoms with E-state index < -0.39 is 17.2 Å². The number of imidazole rings is 1. The molecule has 0 aliphatic heterocycles. The summed E-state index contributed by atoms with van der Waals surface area (Å²) in [5.74, 6) is -0.308. The third-order valence-corrected chi connectivity index (χ3v) is 5.55. The van der Waals surface area contributed by atoms with Crippen LogP contribution in [-0.2, 0) is 22.4 Å². The van der Waals surface area contributed by atoms with E-state index in [2.05, 4.69) is 4.98 Å². The first kappa shape index (κ1) is 24.4. The maximum Gasteiger partial charge on any atom is 0.417 e. The number of carbonyl (C=O) groups is 1. The first-order valence-corrected chi connectivity index (χ1v) is 10.7. The summed E-state index contributed by atoms with van der Waals surface area (Å²) in [7, 11) is 0. The zero-order chi connectivity index (χ0) is 24.4. The highest BCUT2D eigenvalue weighted by Crippen LogP contribution is 2.37. The molecule has 1 aromatic heterocycles. The van der Waals surface area contributed by atoms with E-state index in [1.54, 1.807) is 50.0 Å². The van der Waals surface area contributed by atoms with Crippen molar-refractivity contribution in [1.29, 1.82) is 5.26 Å². The number of nitriles is 1. The predicted molar refractivity (Wildman–Crippen MR) is 118 cm³/mol. The molecule has 1 aromatic carbocycles. The van der Waals surface area contributed by atoms with Crippen LogP contribution in [0.1, 0.15) is 57.4 Å². The molecular formula is C24H27F3N4O2. The summed E-state index contributed by atoms with van der Waals surface area (Å²) >= 11 is 0. The molecule has 0 fully saturated rings. The van der Waals surface area contributed by atoms with Crippen LogP contribution in [0, 0.1) is 16.7 Å². The number of nitrogens with zero attached hydrogens (tertiary/aromatic N) is 4. The van der Waals surface area contributed by atoms with E-state index in [1.807, 2.05) is 17.9 Å². The van der Waals surface area contributed by atoms with Gasteiger partial charge in [-0.15, -0.1) is 0 Å². The number of hydrogen-bond donors (Lipinski definition) is 0. The Balaban J connectivity index is 1.71. The normalized spacial score (nSPS) is 16.3. The molecule has 176 valence electrons. The fourth-order valence-corrected chi connectivity index (χ4v) is 3.79. The molecule has 6 nitrogen and oxygen atoms in total. The average molecular weight is 461 g/mol. The molecule has 1 atom stereocenters. The number of carbonyl (C=O) groups excluding carboxylic acids is 1. The van der Waals surface area contributed by atoms with Gasteiger partial charge in [0.2, 0.25) is 0 Å². The SMILES string of the molecule is CCN(c1ccc(C#N)c(C(F)(F)F)c1)C1CC=C(c2cn(COC(=O)C(C)(C)C)cn2)C1. The van der Waals surface area contributed by atoms with Crippen molar-refractivity contribution in [3.05, 3.63) is 53.6 Å². The van der Waals surface area contributed by atoms with E-state index in [-0.39, 0.29) is 24.3 Å². The van der Waals surface area contributed by atoms with Gasteiger partial charge in [-0.1, -0.05) is 6.08 Å². The lowest BCUT2D eigenvalue weighted by atomic mass is 9.98. The second-order valence-electron chi connectivity index (χ2n) is 9.03. The lowest BCUT2D eigenvalue weighted by molar-refractivity contribution is -0.157. The number of esters is 1. The van der Waals surface area contributed by atoms with Crippen LogP contribution in [0.15, 0.2) is 36.8 Å². The molecule has 0 bridgehead atoms. The fourth-order valence-electron chi connectivity index (χ4n) is 3.79. The highest BCUT2D eigenvalue weighted by Gasteiger charge is 2.35. The highest BCUT2D eigenvalue weighted by atomic mass is 19.4. The Morgan fingerprint density at radius 3 is 2.67 bits per heavy atom. The summed E-state index contributed by atoms with van der Waals surface area (Å²) in [6, 6.07) is 5.44. The molecule has 0 amide bonds. The van der Waals surface area contributed by atoms with Crippen molar-refractivity contribution in [2.75, 3.05) is 11.4 Å². The van der Waals surface area contributed by atoms with Crippen LogP contribution < -0.4 is 4.90 Å². The molecule has 0 spiro atoms. The summed E-state index contributed by atoms with van der Waals surface area (Å²) < 4.78 is 47.2. The minimum Gasteiger partial charge on any atom is -0.443 e. The Kier molecular flexibility index (Phi) is 6.86. The van der Waals surface area contributed by atoms with Crippen LogP contribution in [0.5, 0.6) is 0 Å². The quantitative estimate of drug-likeness (QED) is 0.541. The van der Waals surface area contributed by atoms with Gasteiger partial charge in [0.1, 0.15) is 0 Å². The second kappa shape index (κ2) is 9.30. The molecule has 9 heteroatoms. The number of halogens is 3. The molecule has 0 saturated heterocycles. The van der Waals surface area contributed by atoms with E-state index in [4.69, 9.17) is 10.00 Å². The minimum atomic E-state index is -4.59. The lowest BCUT2D eigenvalue weighted by Crippen LogP contribution is -2.33. The van der Waals surface area contributed by atoms with Gasteiger partial charge in [0.05, 0.1) is 34.6 Å². The third-order valence-electron chi connectivity index (χ3n) is 5.55. The standard InChI is InChI=1S/C24H27F3N4O2/c1-5-31(19-9-7-17(12-28)20(11-19)24(25,26)27)18-8-6-16(10-18)21-13-30(14-29-21)15-33-22(32)23(2,3)4/h6-7,9,11,13-14,18H,5,8,10,15H2,1-4H3. The number of anilines is 1. The van der Waals surface area contributed by atoms with Crippen molar-refractivity contribution < 1.29 is 22.7 Å². The summed E-state index contributed by atoms with van der Waals surface area (Å²) in [6.45, 7) is 7.82. The van der Waals surface area contributed by atoms with E-state index in [9.17, 15) is 18.0 Å². The first-order valence-electron chi connectivity index (χ1n) is 10.7. The molecule has 0 radical (unpaired) electrons. The van der Waals surface area contributed by atoms with Crippen LogP contribution in [-0.4, -0.2) is 28.1 Å². The van der Waals surface area contributed by atoms with Crippen LogP contribution >= 0.6 is 0 Å². The summed E-state index contributed by atoms with van der Waals surface area (Å²) in [5, 5.41) is 9.04. The van der Waals surface area contributed by atoms with E-state index in [0.29, 0.717) is 25.1 Å². The Hall–Kier alpha value is -3.28. The van der Waals surface area contributed by atoms with Crippen molar-refractivity contribution in [2.24, 2.45) is 5.41 Å². The predicted octanol–water partition coefficient (Wildman–Crippen LogP) is 5.39. The minimum absolute atomic E-state index is 0.0251. The van der Waals surface area contributed by atoms with Gasteiger partial charge in [0.15, 0.2) is 6.73 Å². The molecule has 1 unspecified atom stereocenters. The van der Waals surface area contributed by atoms with E-state index in [0.717, 1.165) is 17.3 Å². The Morgan fingerprint density at radius 2 is 2.06 bits per heavy atom. The van der Waals surface area contributed by atoms with Crippen molar-refractivity contribution in [3.63, 3.8) is 0 Å². The fraction of sp³-hybridized carbons (Fsp3) is 0.458. The Labute approximate surface area is 191 Å². The average Bonchev–Trinajstić information content (AvgIpc) is 3.41. The van der Waals surface area contributed by atoms with Crippen LogP contribution in [0.3, 0.4) is 0 Å². The topological polar surface area (TPSA) is 71.2 Å². The molecule has 0 saturated carbocycles. The zero-order valence-electron chi connectivity index (χ0n) is 19.1. The van der Waals surface area contributed by atoms with Gasteiger partial charge in [-0.05, 0) is 64.3 Å². The van der Waals surface area contributed by atoms with Gasteiger partial charge in [-0.2, -0.15) is 18.4 Å². The van der Waals surface area contributed by atoms with Gasteiger partial charge in [0, 0.05) is 24.5 Å². The molecule has 33 heavy (non-hydrogen) atoms. The van der Waals surface area contributed by atoms with Gasteiger partial charge >= 0.3 is 12.1 Å². The molecular weight excluding hydrogens is 433 g/mol. The van der Waals surface area contributed by atoms with E-state index >= 15 is 0 Å². The number of rotatable bonds is 6. The lowest BCUT2D eigenvalue weighted by Gasteiger charge is -2.31. The van der Waals surface area contributed by atoms with Gasteiger partial charge < -0.3 is 14.2 Å². The van der Waals surface area contributed by atoms with Crippen LogP contribution in [0.4, 0.5) is 18.9 Å². The number of aromatic nitrogens is 2. The molecule has 1 aliphatic carbocycles. The Bertz CT molecular complexity index is 1090. The van der Waals surface area contributed by atoms with E-state index in [1.165, 1.54) is 6.07 Å². The summed E-state index contributed by atoms with van der Waals surface area (Å²) in [6.07, 6.45) is 2.11. The summed E-state index contributed by atoms with van der Waals surface area (Å²) in [4.78, 5) is 18.3. The van der Waals surface area contributed by atoms with Crippen molar-refractivity contribution in [2.45, 2.75) is 59.5 Å². The Morgan fingerprint density at radius 1 is 1.33 bits per heavy atom. The van der Waals surface area contributed by atoms with Gasteiger partial charge in [0.25, 0.3) is 0 Å². The maximum absolute atomic E-state index is 13.4. The largest absolute Gasteiger partial charge is 0.443 e. The van der Waals surface area contributed by atoms with Crippen LogP contribution in [0.2, 0.25) is 0 Å². The first-order chi connectivity index (χ1) is 15.4. The number of alkyl halides is 3. The third kappa shape index (κ3) is 5.56. The van der Waals surface area contributed by atoms with Crippen molar-refractivity contribution in [3.8, 4) is 6.07 Å². The highest BCUT2D eigenvalue weighted by molar-refractivity contribution is 5.75. The zero-order valence-corrected chi connectivity index (χ0v) is 19.1. The molecule has 3 rings (SSSR count). The number of ether oxygens (including phenoxy) is 1. The van der Waals surface area contributed by atoms with Gasteiger partial charge in [-0.3, -0.25) is 4.79 Å². The maximum atomic E-state index is 13.4. The van der Waals surface area contributed by atoms with Crippen molar-refractivity contribution in [1.82, 2.24) is 9.55 Å². The van der Waals surface area contributed by atoms with Crippen molar-refractivity contribution >= 4 is 17.2 Å². The molecule has 2 aromatic rings. The summed E-state index contributed by atoms with van der Waals surface area (Å²) in [5.41, 5.74) is 0.273. The molecule has 0 N–H and O–H groups in total. The number of hydrogen-bond acceptors (Lipinski definition) is 5. The number of benzene rings is 1. The second-order valence-corrected chi connectivity index (χ2v) is 9.03. The molecule has 1 heterocycles. The van der Waals surface area contributed by atoms with Gasteiger partial charge in [-0.25, -0.2) is 4.98 Å². The molecule has 1 aliphatic rings.